The van der Waals surface area contributed by atoms with Crippen LogP contribution in [0.15, 0.2) is 72.8 Å². The van der Waals surface area contributed by atoms with Crippen LogP contribution in [-0.4, -0.2) is 45.6 Å². The summed E-state index contributed by atoms with van der Waals surface area (Å²) in [5, 5.41) is 2.23. The van der Waals surface area contributed by atoms with Gasteiger partial charge in [-0.05, 0) is 32.1 Å². The summed E-state index contributed by atoms with van der Waals surface area (Å²) in [6.45, 7) is 0.374. The highest BCUT2D eigenvalue weighted by atomic mass is 31.1. The van der Waals surface area contributed by atoms with E-state index in [0.717, 1.165) is 62.0 Å². The number of rotatable bonds is 18. The first kappa shape index (κ1) is 32.3. The summed E-state index contributed by atoms with van der Waals surface area (Å²) >= 11 is 0. The third kappa shape index (κ3) is 13.6. The maximum Gasteiger partial charge on any atom is 0.330 e. The van der Waals surface area contributed by atoms with Crippen molar-refractivity contribution in [2.24, 2.45) is 0 Å². The molecule has 0 heterocycles. The van der Waals surface area contributed by atoms with Crippen molar-refractivity contribution in [1.82, 2.24) is 0 Å². The monoisotopic (exact) mass is 548 g/mol. The van der Waals surface area contributed by atoms with Crippen LogP contribution in [0.4, 0.5) is 0 Å². The third-order valence-electron chi connectivity index (χ3n) is 5.93. The van der Waals surface area contributed by atoms with Crippen molar-refractivity contribution in [2.45, 2.75) is 63.6 Å². The second-order valence-electron chi connectivity index (χ2n) is 8.85. The highest BCUT2D eigenvalue weighted by molar-refractivity contribution is 7.68. The number of unbranched alkanes of at least 4 members (excludes halogenated alkanes) is 6. The summed E-state index contributed by atoms with van der Waals surface area (Å²) in [4.78, 5) is 12.2. The molecule has 0 aliphatic heterocycles. The Bertz CT molecular complexity index is 1010. The zero-order valence-corrected chi connectivity index (χ0v) is 24.1. The molecule has 0 N–H and O–H groups in total. The number of methoxy groups -OCH3 is 2. The minimum atomic E-state index is -1.03. The molecule has 2 aromatic rings. The normalized spacial score (nSPS) is 12.5. The van der Waals surface area contributed by atoms with Crippen LogP contribution in [0.3, 0.4) is 0 Å². The Hall–Kier alpha value is -2.92. The molecule has 0 amide bonds. The third-order valence-corrected chi connectivity index (χ3v) is 7.88. The summed E-state index contributed by atoms with van der Waals surface area (Å²) in [5.74, 6) is 8.64. The number of hydrogen-bond donors (Lipinski definition) is 0. The van der Waals surface area contributed by atoms with E-state index in [9.17, 15) is 4.79 Å². The zero-order valence-electron chi connectivity index (χ0n) is 23.2. The van der Waals surface area contributed by atoms with Crippen LogP contribution < -0.4 is 10.6 Å². The molecule has 208 valence electrons. The van der Waals surface area contributed by atoms with Crippen LogP contribution in [0.5, 0.6) is 0 Å². The molecule has 0 bridgehead atoms. The molecular formula is C33H41O5P. The number of esters is 1. The molecule has 6 heteroatoms. The molecule has 39 heavy (non-hydrogen) atoms. The van der Waals surface area contributed by atoms with Crippen LogP contribution in [-0.2, 0) is 23.5 Å². The molecule has 2 aromatic carbocycles. The average Bonchev–Trinajstić information content (AvgIpc) is 2.98. The van der Waals surface area contributed by atoms with Gasteiger partial charge in [-0.3, -0.25) is 0 Å². The van der Waals surface area contributed by atoms with Gasteiger partial charge >= 0.3 is 5.97 Å². The van der Waals surface area contributed by atoms with Crippen LogP contribution >= 0.6 is 8.15 Å². The number of carbonyl (C=O) groups is 1. The molecule has 5 nitrogen and oxygen atoms in total. The SMILES string of the molecule is C#CCCCCC#CCCCC/C=C/C(=O)OC[C@@H](OC)[C@@H](COP(c1ccccc1)c1ccccc1)OC. The van der Waals surface area contributed by atoms with E-state index in [1.165, 1.54) is 6.08 Å². The zero-order chi connectivity index (χ0) is 28.0. The average molecular weight is 549 g/mol. The molecule has 2 rings (SSSR count). The fourth-order valence-electron chi connectivity index (χ4n) is 3.71. The van der Waals surface area contributed by atoms with E-state index >= 15 is 0 Å². The molecule has 0 aliphatic rings. The van der Waals surface area contributed by atoms with Crippen molar-refractivity contribution >= 4 is 24.7 Å². The lowest BCUT2D eigenvalue weighted by molar-refractivity contribution is -0.146. The van der Waals surface area contributed by atoms with E-state index in [2.05, 4.69) is 42.0 Å². The first-order valence-corrected chi connectivity index (χ1v) is 14.8. The number of allylic oxidation sites excluding steroid dienone is 1. The quantitative estimate of drug-likeness (QED) is 0.0759. The Morgan fingerprint density at radius 1 is 0.821 bits per heavy atom. The maximum atomic E-state index is 12.2. The summed E-state index contributed by atoms with van der Waals surface area (Å²) in [6.07, 6.45) is 15.2. The summed E-state index contributed by atoms with van der Waals surface area (Å²) in [6, 6.07) is 20.3. The van der Waals surface area contributed by atoms with Crippen molar-refractivity contribution < 1.29 is 23.5 Å². The lowest BCUT2D eigenvalue weighted by Gasteiger charge is -2.27. The van der Waals surface area contributed by atoms with Gasteiger partial charge in [0.2, 0.25) is 0 Å². The van der Waals surface area contributed by atoms with Crippen LogP contribution in [0.25, 0.3) is 0 Å². The topological polar surface area (TPSA) is 54.0 Å². The molecule has 0 spiro atoms. The molecule has 0 aromatic heterocycles. The standard InChI is InChI=1S/C33H41O5P/c1-4-5-6-7-8-9-10-11-12-13-14-21-26-33(34)37-27-31(35-2)32(36-3)28-38-39(29-22-17-15-18-23-29)30-24-19-16-20-25-30/h1,15-26,31-32H,5-8,11-14,27-28H2,2-3H3/b26-21+/t31-,32-/m1/s1. The smallest absolute Gasteiger partial charge is 0.330 e. The van der Waals surface area contributed by atoms with Gasteiger partial charge < -0.3 is 18.7 Å². The highest BCUT2D eigenvalue weighted by Gasteiger charge is 2.25. The van der Waals surface area contributed by atoms with Crippen LogP contribution in [0.2, 0.25) is 0 Å². The number of hydrogen-bond acceptors (Lipinski definition) is 5. The number of carbonyl (C=O) groups excluding carboxylic acids is 1. The molecule has 0 fully saturated rings. The van der Waals surface area contributed by atoms with Gasteiger partial charge in [0.25, 0.3) is 0 Å². The Morgan fingerprint density at radius 3 is 1.92 bits per heavy atom. The summed E-state index contributed by atoms with van der Waals surface area (Å²) in [7, 11) is 2.16. The van der Waals surface area contributed by atoms with E-state index in [1.54, 1.807) is 14.2 Å². The minimum absolute atomic E-state index is 0.0765. The van der Waals surface area contributed by atoms with E-state index < -0.39 is 26.3 Å². The molecule has 0 unspecified atom stereocenters. The molecule has 2 atom stereocenters. The molecule has 0 saturated carbocycles. The van der Waals surface area contributed by atoms with Crippen molar-refractivity contribution in [1.29, 1.82) is 0 Å². The van der Waals surface area contributed by atoms with E-state index in [4.69, 9.17) is 25.2 Å². The van der Waals surface area contributed by atoms with Gasteiger partial charge in [0.1, 0.15) is 18.8 Å². The number of terminal acetylenes is 1. The Balaban J connectivity index is 1.74. The molecule has 0 aliphatic carbocycles. The van der Waals surface area contributed by atoms with Crippen LogP contribution in [0, 0.1) is 24.2 Å². The van der Waals surface area contributed by atoms with Crippen LogP contribution in [0.1, 0.15) is 51.4 Å². The van der Waals surface area contributed by atoms with Crippen molar-refractivity contribution in [3.05, 3.63) is 72.8 Å². The van der Waals surface area contributed by atoms with E-state index in [0.29, 0.717) is 6.61 Å². The molecule has 0 radical (unpaired) electrons. The van der Waals surface area contributed by atoms with Gasteiger partial charge in [-0.15, -0.1) is 24.2 Å². The Morgan fingerprint density at radius 2 is 1.36 bits per heavy atom. The Labute approximate surface area is 236 Å². The minimum Gasteiger partial charge on any atom is -0.460 e. The first-order valence-electron chi connectivity index (χ1n) is 13.5. The second-order valence-corrected chi connectivity index (χ2v) is 10.7. The molecule has 0 saturated heterocycles. The van der Waals surface area contributed by atoms with Crippen molar-refractivity contribution in [2.75, 3.05) is 27.4 Å². The van der Waals surface area contributed by atoms with Gasteiger partial charge in [0.05, 0.1) is 14.8 Å². The predicted molar refractivity (Wildman–Crippen MR) is 160 cm³/mol. The fourth-order valence-corrected chi connectivity index (χ4v) is 5.49. The number of ether oxygens (including phenoxy) is 3. The van der Waals surface area contributed by atoms with Gasteiger partial charge in [-0.25, -0.2) is 4.79 Å². The second kappa shape index (κ2) is 21.0. The van der Waals surface area contributed by atoms with Gasteiger partial charge in [0.15, 0.2) is 0 Å². The Kier molecular flexibility index (Phi) is 17.4. The fraction of sp³-hybridized carbons (Fsp3) is 0.424. The summed E-state index contributed by atoms with van der Waals surface area (Å²) < 4.78 is 23.1. The summed E-state index contributed by atoms with van der Waals surface area (Å²) in [5.41, 5.74) is 0. The maximum absolute atomic E-state index is 12.2. The predicted octanol–water partition coefficient (Wildman–Crippen LogP) is 5.94. The first-order chi connectivity index (χ1) is 19.2. The van der Waals surface area contributed by atoms with E-state index in [-0.39, 0.29) is 6.61 Å². The van der Waals surface area contributed by atoms with Gasteiger partial charge in [-0.1, -0.05) is 66.7 Å². The van der Waals surface area contributed by atoms with Gasteiger partial charge in [-0.2, -0.15) is 0 Å². The molecular weight excluding hydrogens is 507 g/mol. The van der Waals surface area contributed by atoms with Crippen molar-refractivity contribution in [3.63, 3.8) is 0 Å². The largest absolute Gasteiger partial charge is 0.460 e. The van der Waals surface area contributed by atoms with Gasteiger partial charge in [0, 0.05) is 50.2 Å². The lowest BCUT2D eigenvalue weighted by atomic mass is 10.1. The highest BCUT2D eigenvalue weighted by Crippen LogP contribution is 2.35. The lowest BCUT2D eigenvalue weighted by Crippen LogP contribution is -2.38. The van der Waals surface area contributed by atoms with Crippen molar-refractivity contribution in [3.8, 4) is 24.2 Å². The number of benzene rings is 2. The van der Waals surface area contributed by atoms with E-state index in [1.807, 2.05) is 42.5 Å².